The third kappa shape index (κ3) is 19.0. The van der Waals surface area contributed by atoms with Crippen LogP contribution < -0.4 is 4.74 Å². The highest BCUT2D eigenvalue weighted by molar-refractivity contribution is 5.72. The van der Waals surface area contributed by atoms with Crippen LogP contribution in [0.25, 0.3) is 0 Å². The molecule has 0 fully saturated rings. The van der Waals surface area contributed by atoms with Gasteiger partial charge in [-0.2, -0.15) is 0 Å². The molecule has 0 spiro atoms. The Bertz CT molecular complexity index is 704. The number of ether oxygens (including phenoxy) is 3. The van der Waals surface area contributed by atoms with Gasteiger partial charge in [-0.3, -0.25) is 9.59 Å². The molecule has 0 radical (unpaired) electrons. The van der Waals surface area contributed by atoms with Crippen LogP contribution in [0.3, 0.4) is 0 Å². The molecule has 0 heterocycles. The van der Waals surface area contributed by atoms with Crippen LogP contribution in [0.15, 0.2) is 24.3 Å². The summed E-state index contributed by atoms with van der Waals surface area (Å²) in [5, 5.41) is 0. The molecule has 0 saturated heterocycles. The number of hydrogen-bond donors (Lipinski definition) is 0. The first kappa shape index (κ1) is 31.8. The molecule has 5 nitrogen and oxygen atoms in total. The highest BCUT2D eigenvalue weighted by Crippen LogP contribution is 2.23. The smallest absolute Gasteiger partial charge is 0.466 e. The molecular formula is C28H43F3O5. The summed E-state index contributed by atoms with van der Waals surface area (Å²) in [4.78, 5) is 23.6. The lowest BCUT2D eigenvalue weighted by molar-refractivity contribution is -0.274. The minimum Gasteiger partial charge on any atom is -0.466 e. The van der Waals surface area contributed by atoms with Crippen molar-refractivity contribution in [3.63, 3.8) is 0 Å². The molecule has 0 aliphatic rings. The topological polar surface area (TPSA) is 61.8 Å². The third-order valence-electron chi connectivity index (χ3n) is 5.83. The fourth-order valence-electron chi connectivity index (χ4n) is 3.78. The van der Waals surface area contributed by atoms with Crippen LogP contribution in [0.1, 0.15) is 115 Å². The SMILES string of the molecule is CCCCCCCCCCCCCCCOC(=O)CCCC(=O)OCc1ccc(OC(F)(F)F)cc1. The Kier molecular flexibility index (Phi) is 17.6. The summed E-state index contributed by atoms with van der Waals surface area (Å²) < 4.78 is 50.5. The molecule has 36 heavy (non-hydrogen) atoms. The van der Waals surface area contributed by atoms with Crippen LogP contribution in [-0.2, 0) is 25.7 Å². The molecule has 206 valence electrons. The van der Waals surface area contributed by atoms with Gasteiger partial charge in [-0.1, -0.05) is 96.1 Å². The molecule has 0 saturated carbocycles. The average Bonchev–Trinajstić information content (AvgIpc) is 2.83. The lowest BCUT2D eigenvalue weighted by Gasteiger charge is -2.09. The monoisotopic (exact) mass is 516 g/mol. The quantitative estimate of drug-likeness (QED) is 0.121. The van der Waals surface area contributed by atoms with Crippen molar-refractivity contribution >= 4 is 11.9 Å². The van der Waals surface area contributed by atoms with E-state index in [-0.39, 0.29) is 31.2 Å². The van der Waals surface area contributed by atoms with E-state index in [0.29, 0.717) is 18.6 Å². The predicted molar refractivity (Wildman–Crippen MR) is 133 cm³/mol. The van der Waals surface area contributed by atoms with Crippen molar-refractivity contribution in [2.75, 3.05) is 6.61 Å². The number of halogens is 3. The maximum absolute atomic E-state index is 12.2. The zero-order chi connectivity index (χ0) is 26.5. The molecule has 1 aromatic rings. The van der Waals surface area contributed by atoms with Crippen molar-refractivity contribution in [1.82, 2.24) is 0 Å². The van der Waals surface area contributed by atoms with Gasteiger partial charge in [-0.25, -0.2) is 0 Å². The first-order chi connectivity index (χ1) is 17.3. The van der Waals surface area contributed by atoms with Gasteiger partial charge in [0.2, 0.25) is 0 Å². The van der Waals surface area contributed by atoms with E-state index in [2.05, 4.69) is 11.7 Å². The lowest BCUT2D eigenvalue weighted by Crippen LogP contribution is -2.17. The van der Waals surface area contributed by atoms with E-state index >= 15 is 0 Å². The molecule has 1 rings (SSSR count). The van der Waals surface area contributed by atoms with Crippen molar-refractivity contribution in [3.05, 3.63) is 29.8 Å². The number of benzene rings is 1. The molecule has 0 N–H and O–H groups in total. The minimum atomic E-state index is -4.75. The van der Waals surface area contributed by atoms with Crippen LogP contribution >= 0.6 is 0 Å². The fourth-order valence-corrected chi connectivity index (χ4v) is 3.78. The lowest BCUT2D eigenvalue weighted by atomic mass is 10.0. The molecule has 0 atom stereocenters. The zero-order valence-electron chi connectivity index (χ0n) is 21.7. The van der Waals surface area contributed by atoms with Crippen LogP contribution in [0, 0.1) is 0 Å². The molecule has 0 aliphatic carbocycles. The first-order valence-electron chi connectivity index (χ1n) is 13.5. The second-order valence-electron chi connectivity index (χ2n) is 9.17. The van der Waals surface area contributed by atoms with Gasteiger partial charge in [0.1, 0.15) is 12.4 Å². The van der Waals surface area contributed by atoms with Crippen molar-refractivity contribution in [2.24, 2.45) is 0 Å². The van der Waals surface area contributed by atoms with Crippen LogP contribution in [-0.4, -0.2) is 24.9 Å². The van der Waals surface area contributed by atoms with Gasteiger partial charge in [-0.05, 0) is 30.5 Å². The van der Waals surface area contributed by atoms with Crippen molar-refractivity contribution < 1.29 is 37.0 Å². The van der Waals surface area contributed by atoms with Gasteiger partial charge in [0, 0.05) is 12.8 Å². The van der Waals surface area contributed by atoms with E-state index in [1.807, 2.05) is 0 Å². The van der Waals surface area contributed by atoms with Crippen molar-refractivity contribution in [3.8, 4) is 5.75 Å². The molecule has 1 aromatic carbocycles. The van der Waals surface area contributed by atoms with E-state index in [1.54, 1.807) is 0 Å². The maximum atomic E-state index is 12.2. The summed E-state index contributed by atoms with van der Waals surface area (Å²) >= 11 is 0. The standard InChI is InChI=1S/C28H43F3O5/c1-2-3-4-5-6-7-8-9-10-11-12-13-14-22-34-26(32)16-15-17-27(33)35-23-24-18-20-25(21-19-24)36-28(29,30)31/h18-21H,2-17,22-23H2,1H3. The van der Waals surface area contributed by atoms with Crippen LogP contribution in [0.5, 0.6) is 5.75 Å². The van der Waals surface area contributed by atoms with Crippen LogP contribution in [0.4, 0.5) is 13.2 Å². The second-order valence-corrected chi connectivity index (χ2v) is 9.17. The molecular weight excluding hydrogens is 473 g/mol. The Balaban J connectivity index is 1.93. The number of rotatable bonds is 21. The van der Waals surface area contributed by atoms with Gasteiger partial charge in [0.15, 0.2) is 0 Å². The number of esters is 2. The molecule has 0 unspecified atom stereocenters. The van der Waals surface area contributed by atoms with E-state index in [9.17, 15) is 22.8 Å². The Morgan fingerprint density at radius 3 is 1.64 bits per heavy atom. The molecule has 8 heteroatoms. The largest absolute Gasteiger partial charge is 0.573 e. The van der Waals surface area contributed by atoms with E-state index in [1.165, 1.54) is 76.3 Å². The summed E-state index contributed by atoms with van der Waals surface area (Å²) in [5.41, 5.74) is 0.537. The predicted octanol–water partition coefficient (Wildman–Crippen LogP) is 8.43. The highest BCUT2D eigenvalue weighted by atomic mass is 19.4. The summed E-state index contributed by atoms with van der Waals surface area (Å²) in [6, 6.07) is 5.10. The highest BCUT2D eigenvalue weighted by Gasteiger charge is 2.30. The first-order valence-corrected chi connectivity index (χ1v) is 13.5. The van der Waals surface area contributed by atoms with Crippen molar-refractivity contribution in [1.29, 1.82) is 0 Å². The van der Waals surface area contributed by atoms with E-state index < -0.39 is 12.3 Å². The number of alkyl halides is 3. The average molecular weight is 517 g/mol. The minimum absolute atomic E-state index is 0.0609. The van der Waals surface area contributed by atoms with Gasteiger partial charge in [-0.15, -0.1) is 13.2 Å². The maximum Gasteiger partial charge on any atom is 0.573 e. The summed E-state index contributed by atoms with van der Waals surface area (Å²) in [7, 11) is 0. The Morgan fingerprint density at radius 1 is 0.667 bits per heavy atom. The Morgan fingerprint density at radius 2 is 1.14 bits per heavy atom. The number of hydrogen-bond acceptors (Lipinski definition) is 5. The normalized spacial score (nSPS) is 11.3. The number of unbranched alkanes of at least 4 members (excludes halogenated alkanes) is 12. The third-order valence-corrected chi connectivity index (χ3v) is 5.83. The summed E-state index contributed by atoms with van der Waals surface area (Å²) in [5.74, 6) is -1.13. The van der Waals surface area contributed by atoms with Gasteiger partial charge < -0.3 is 14.2 Å². The zero-order valence-corrected chi connectivity index (χ0v) is 21.7. The van der Waals surface area contributed by atoms with E-state index in [0.717, 1.165) is 31.4 Å². The molecule has 0 bridgehead atoms. The van der Waals surface area contributed by atoms with Gasteiger partial charge >= 0.3 is 18.3 Å². The van der Waals surface area contributed by atoms with Crippen molar-refractivity contribution in [2.45, 2.75) is 123 Å². The summed E-state index contributed by atoms with van der Waals surface area (Å²) in [6.45, 7) is 2.59. The molecule has 0 aromatic heterocycles. The summed E-state index contributed by atoms with van der Waals surface area (Å²) in [6.07, 6.45) is 12.2. The van der Waals surface area contributed by atoms with Gasteiger partial charge in [0.05, 0.1) is 6.61 Å². The Labute approximate surface area is 214 Å². The van der Waals surface area contributed by atoms with Crippen LogP contribution in [0.2, 0.25) is 0 Å². The number of carbonyl (C=O) groups is 2. The van der Waals surface area contributed by atoms with Gasteiger partial charge in [0.25, 0.3) is 0 Å². The fraction of sp³-hybridized carbons (Fsp3) is 0.714. The van der Waals surface area contributed by atoms with E-state index in [4.69, 9.17) is 9.47 Å². The second kappa shape index (κ2) is 19.9. The molecule has 0 aliphatic heterocycles. The Hall–Kier alpha value is -2.25. The number of carbonyl (C=O) groups excluding carboxylic acids is 2. The molecule has 0 amide bonds.